The first-order valence-corrected chi connectivity index (χ1v) is 19.5. The molecular formula is C55H35N. The van der Waals surface area contributed by atoms with Gasteiger partial charge in [0.1, 0.15) is 0 Å². The third kappa shape index (κ3) is 4.20. The van der Waals surface area contributed by atoms with Crippen LogP contribution in [0.3, 0.4) is 0 Å². The molecule has 260 valence electrons. The lowest BCUT2D eigenvalue weighted by Gasteiger charge is -2.31. The van der Waals surface area contributed by atoms with Crippen molar-refractivity contribution >= 4 is 43.4 Å². The molecule has 0 radical (unpaired) electrons. The monoisotopic (exact) mass is 709 g/mol. The zero-order chi connectivity index (χ0) is 36.8. The molecule has 0 atom stereocenters. The molecule has 0 amide bonds. The zero-order valence-corrected chi connectivity index (χ0v) is 30.7. The van der Waals surface area contributed by atoms with Crippen molar-refractivity contribution in [3.05, 3.63) is 235 Å². The van der Waals surface area contributed by atoms with Crippen LogP contribution in [0.5, 0.6) is 0 Å². The maximum atomic E-state index is 2.53. The quantitative estimate of drug-likeness (QED) is 0.168. The Bertz CT molecular complexity index is 3250. The van der Waals surface area contributed by atoms with Crippen LogP contribution in [-0.4, -0.2) is 4.57 Å². The molecule has 56 heavy (non-hydrogen) atoms. The van der Waals surface area contributed by atoms with E-state index in [4.69, 9.17) is 0 Å². The van der Waals surface area contributed by atoms with E-state index >= 15 is 0 Å². The first-order chi connectivity index (χ1) is 27.8. The topological polar surface area (TPSA) is 4.93 Å². The third-order valence-electron chi connectivity index (χ3n) is 12.5. The molecule has 0 aliphatic heterocycles. The molecule has 10 aromatic rings. The second-order valence-electron chi connectivity index (χ2n) is 15.2. The van der Waals surface area contributed by atoms with Crippen molar-refractivity contribution in [3.63, 3.8) is 0 Å². The fourth-order valence-electron chi connectivity index (χ4n) is 10.2. The Labute approximate surface area is 325 Å². The van der Waals surface area contributed by atoms with Gasteiger partial charge in [-0.05, 0) is 108 Å². The van der Waals surface area contributed by atoms with Crippen LogP contribution in [0.1, 0.15) is 22.3 Å². The summed E-state index contributed by atoms with van der Waals surface area (Å²) in [5.74, 6) is 0. The van der Waals surface area contributed by atoms with Crippen LogP contribution in [0.15, 0.2) is 212 Å². The highest BCUT2D eigenvalue weighted by molar-refractivity contribution is 6.20. The van der Waals surface area contributed by atoms with Crippen molar-refractivity contribution < 1.29 is 0 Å². The molecule has 2 aliphatic carbocycles. The predicted octanol–water partition coefficient (Wildman–Crippen LogP) is 14.2. The van der Waals surface area contributed by atoms with E-state index in [9.17, 15) is 0 Å². The molecule has 2 aliphatic rings. The molecule has 0 N–H and O–H groups in total. The third-order valence-corrected chi connectivity index (χ3v) is 12.5. The second kappa shape index (κ2) is 11.9. The van der Waals surface area contributed by atoms with E-state index in [1.807, 2.05) is 0 Å². The number of fused-ring (bicyclic) bond motifs is 17. The van der Waals surface area contributed by atoms with Gasteiger partial charge in [0, 0.05) is 16.5 Å². The van der Waals surface area contributed by atoms with Crippen molar-refractivity contribution in [2.24, 2.45) is 0 Å². The van der Waals surface area contributed by atoms with Crippen LogP contribution < -0.4 is 0 Å². The summed E-state index contributed by atoms with van der Waals surface area (Å²) in [6.45, 7) is 0. The number of para-hydroxylation sites is 1. The van der Waals surface area contributed by atoms with Crippen LogP contribution >= 0.6 is 0 Å². The summed E-state index contributed by atoms with van der Waals surface area (Å²) in [5.41, 5.74) is 16.0. The van der Waals surface area contributed by atoms with E-state index in [0.29, 0.717) is 0 Å². The van der Waals surface area contributed by atoms with Gasteiger partial charge < -0.3 is 4.57 Å². The summed E-state index contributed by atoms with van der Waals surface area (Å²) >= 11 is 0. The Kier molecular flexibility index (Phi) is 6.62. The van der Waals surface area contributed by atoms with Crippen molar-refractivity contribution in [1.82, 2.24) is 4.57 Å². The Morgan fingerprint density at radius 2 is 0.714 bits per heavy atom. The first-order valence-electron chi connectivity index (χ1n) is 19.5. The van der Waals surface area contributed by atoms with Gasteiger partial charge in [-0.1, -0.05) is 182 Å². The minimum atomic E-state index is -0.437. The summed E-state index contributed by atoms with van der Waals surface area (Å²) in [5, 5.41) is 7.30. The van der Waals surface area contributed by atoms with Crippen LogP contribution in [0, 0.1) is 0 Å². The zero-order valence-electron chi connectivity index (χ0n) is 30.7. The molecule has 1 aromatic heterocycles. The lowest BCUT2D eigenvalue weighted by atomic mass is 9.70. The van der Waals surface area contributed by atoms with E-state index in [0.717, 1.165) is 16.7 Å². The maximum Gasteiger partial charge on any atom is 0.0726 e. The standard InChI is InChI=1S/C55H35N/c1-2-16-36(17-3-1)37-30-33-54-48(34-37)42-21-7-5-19-40(42)39-18-4-6-20-41(39)47-25-11-15-29-53(47)56(54)38-31-32-46-45-24-10-14-28-51(45)55(52(46)35-38)49-26-12-8-22-43(49)44-23-9-13-27-50(44)55/h1-35H. The molecule has 0 unspecified atom stereocenters. The second-order valence-corrected chi connectivity index (χ2v) is 15.2. The van der Waals surface area contributed by atoms with Gasteiger partial charge in [0.25, 0.3) is 0 Å². The van der Waals surface area contributed by atoms with Gasteiger partial charge >= 0.3 is 0 Å². The normalized spacial score (nSPS) is 13.1. The average molecular weight is 710 g/mol. The van der Waals surface area contributed by atoms with E-state index in [1.54, 1.807) is 0 Å². The number of benzene rings is 9. The SMILES string of the molecule is c1ccc(-c2ccc3c(c2)c2ccccc2c2ccccc2c2ccccc2n3-c2ccc3c(c2)C2(c4ccccc4-c4ccccc42)c2ccccc2-3)cc1. The molecule has 1 nitrogen and oxygen atoms in total. The molecule has 9 aromatic carbocycles. The Morgan fingerprint density at radius 3 is 1.32 bits per heavy atom. The lowest BCUT2D eigenvalue weighted by Crippen LogP contribution is -2.26. The van der Waals surface area contributed by atoms with E-state index in [2.05, 4.69) is 217 Å². The highest BCUT2D eigenvalue weighted by atomic mass is 15.0. The van der Waals surface area contributed by atoms with E-state index in [-0.39, 0.29) is 0 Å². The van der Waals surface area contributed by atoms with Gasteiger partial charge in [-0.25, -0.2) is 0 Å². The molecule has 12 rings (SSSR count). The van der Waals surface area contributed by atoms with Gasteiger partial charge in [0.2, 0.25) is 0 Å². The van der Waals surface area contributed by atoms with Crippen molar-refractivity contribution in [2.75, 3.05) is 0 Å². The summed E-state index contributed by atoms with van der Waals surface area (Å²) < 4.78 is 2.53. The molecule has 1 spiro atoms. The van der Waals surface area contributed by atoms with E-state index in [1.165, 1.54) is 88.0 Å². The minimum Gasteiger partial charge on any atom is -0.309 e. The lowest BCUT2D eigenvalue weighted by molar-refractivity contribution is 0.792. The van der Waals surface area contributed by atoms with Crippen molar-refractivity contribution in [2.45, 2.75) is 5.41 Å². The van der Waals surface area contributed by atoms with Gasteiger partial charge in [-0.15, -0.1) is 0 Å². The molecule has 0 saturated carbocycles. The molecule has 0 saturated heterocycles. The summed E-state index contributed by atoms with van der Waals surface area (Å²) in [6.07, 6.45) is 0. The van der Waals surface area contributed by atoms with Crippen LogP contribution in [0.4, 0.5) is 0 Å². The molecule has 1 heteroatoms. The first kappa shape index (κ1) is 31.2. The van der Waals surface area contributed by atoms with E-state index < -0.39 is 5.41 Å². The van der Waals surface area contributed by atoms with Gasteiger partial charge in [0.05, 0.1) is 16.4 Å². The minimum absolute atomic E-state index is 0.437. The largest absolute Gasteiger partial charge is 0.309 e. The number of rotatable bonds is 2. The molecule has 1 heterocycles. The van der Waals surface area contributed by atoms with Gasteiger partial charge in [0.15, 0.2) is 0 Å². The predicted molar refractivity (Wildman–Crippen MR) is 235 cm³/mol. The maximum absolute atomic E-state index is 2.53. The summed E-state index contributed by atoms with van der Waals surface area (Å²) in [6, 6.07) is 79.1. The Morgan fingerprint density at radius 1 is 0.268 bits per heavy atom. The number of hydrogen-bond donors (Lipinski definition) is 0. The van der Waals surface area contributed by atoms with Crippen LogP contribution in [-0.2, 0) is 5.41 Å². The van der Waals surface area contributed by atoms with Crippen molar-refractivity contribution in [3.8, 4) is 39.1 Å². The van der Waals surface area contributed by atoms with Crippen LogP contribution in [0.2, 0.25) is 0 Å². The number of hydrogen-bond acceptors (Lipinski definition) is 0. The van der Waals surface area contributed by atoms with Gasteiger partial charge in [-0.2, -0.15) is 0 Å². The van der Waals surface area contributed by atoms with Gasteiger partial charge in [-0.3, -0.25) is 0 Å². The highest BCUT2D eigenvalue weighted by Gasteiger charge is 2.51. The van der Waals surface area contributed by atoms with Crippen molar-refractivity contribution in [1.29, 1.82) is 0 Å². The fourth-order valence-corrected chi connectivity index (χ4v) is 10.2. The Hall–Kier alpha value is -7.22. The molecular weight excluding hydrogens is 675 g/mol. The molecule has 0 bridgehead atoms. The highest BCUT2D eigenvalue weighted by Crippen LogP contribution is 2.63. The smallest absolute Gasteiger partial charge is 0.0726 e. The summed E-state index contributed by atoms with van der Waals surface area (Å²) in [7, 11) is 0. The number of nitrogens with zero attached hydrogens (tertiary/aromatic N) is 1. The molecule has 0 fully saturated rings. The fraction of sp³-hybridized carbons (Fsp3) is 0.0182. The average Bonchev–Trinajstić information content (AvgIpc) is 3.75. The summed E-state index contributed by atoms with van der Waals surface area (Å²) in [4.78, 5) is 0. The van der Waals surface area contributed by atoms with Crippen LogP contribution in [0.25, 0.3) is 82.4 Å². The number of aromatic nitrogens is 1. The Balaban J connectivity index is 1.28.